The third-order valence-corrected chi connectivity index (χ3v) is 4.08. The molecule has 0 aromatic carbocycles. The molecule has 6 heteroatoms. The maximum Gasteiger partial charge on any atom is 0.335 e. The Hall–Kier alpha value is -2.24. The molecule has 104 valence electrons. The van der Waals surface area contributed by atoms with Gasteiger partial charge in [-0.05, 0) is 25.0 Å². The summed E-state index contributed by atoms with van der Waals surface area (Å²) in [5.41, 5.74) is -0.686. The summed E-state index contributed by atoms with van der Waals surface area (Å²) in [4.78, 5) is 41.9. The lowest BCUT2D eigenvalue weighted by atomic mass is 9.71. The molecule has 1 saturated heterocycles. The van der Waals surface area contributed by atoms with Crippen LogP contribution in [0.5, 0.6) is 0 Å². The first-order chi connectivity index (χ1) is 9.65. The normalized spacial score (nSPS) is 22.0. The minimum absolute atomic E-state index is 0.396. The SMILES string of the molecule is O=C1NC(=O)C2(CCCCC2)C(=O)N1c1cccnc1. The summed E-state index contributed by atoms with van der Waals surface area (Å²) in [7, 11) is 0. The molecule has 3 rings (SSSR count). The number of hydrogen-bond acceptors (Lipinski definition) is 4. The van der Waals surface area contributed by atoms with Crippen molar-refractivity contribution in [1.29, 1.82) is 0 Å². The molecule has 0 bridgehead atoms. The quantitative estimate of drug-likeness (QED) is 0.788. The molecular weight excluding hydrogens is 258 g/mol. The molecule has 1 aliphatic carbocycles. The van der Waals surface area contributed by atoms with E-state index in [0.29, 0.717) is 18.5 Å². The zero-order chi connectivity index (χ0) is 14.2. The Bertz CT molecular complexity index is 564. The van der Waals surface area contributed by atoms with Gasteiger partial charge in [0.1, 0.15) is 5.41 Å². The van der Waals surface area contributed by atoms with Crippen LogP contribution in [-0.4, -0.2) is 22.8 Å². The van der Waals surface area contributed by atoms with Gasteiger partial charge in [-0.1, -0.05) is 19.3 Å². The summed E-state index contributed by atoms with van der Waals surface area (Å²) in [6.07, 6.45) is 6.69. The molecule has 2 fully saturated rings. The van der Waals surface area contributed by atoms with Gasteiger partial charge in [-0.15, -0.1) is 0 Å². The molecule has 1 spiro atoms. The lowest BCUT2D eigenvalue weighted by Crippen LogP contribution is -2.64. The maximum absolute atomic E-state index is 12.7. The molecule has 20 heavy (non-hydrogen) atoms. The number of anilines is 1. The zero-order valence-corrected chi connectivity index (χ0v) is 11.0. The van der Waals surface area contributed by atoms with Crippen LogP contribution in [0.15, 0.2) is 24.5 Å². The van der Waals surface area contributed by atoms with E-state index in [1.807, 2.05) is 0 Å². The van der Waals surface area contributed by atoms with Crippen molar-refractivity contribution in [2.75, 3.05) is 4.90 Å². The van der Waals surface area contributed by atoms with Gasteiger partial charge in [-0.25, -0.2) is 9.69 Å². The number of amides is 4. The number of imide groups is 2. The van der Waals surface area contributed by atoms with E-state index in [-0.39, 0.29) is 0 Å². The summed E-state index contributed by atoms with van der Waals surface area (Å²) < 4.78 is 0. The van der Waals surface area contributed by atoms with E-state index in [4.69, 9.17) is 0 Å². The molecule has 0 radical (unpaired) electrons. The number of aromatic nitrogens is 1. The fraction of sp³-hybridized carbons (Fsp3) is 0.429. The molecule has 1 aliphatic heterocycles. The van der Waals surface area contributed by atoms with Gasteiger partial charge < -0.3 is 0 Å². The smallest absolute Gasteiger partial charge is 0.276 e. The van der Waals surface area contributed by atoms with Crippen molar-refractivity contribution in [3.05, 3.63) is 24.5 Å². The van der Waals surface area contributed by atoms with Crippen LogP contribution >= 0.6 is 0 Å². The molecule has 1 aromatic heterocycles. The van der Waals surface area contributed by atoms with Gasteiger partial charge >= 0.3 is 6.03 Å². The summed E-state index contributed by atoms with van der Waals surface area (Å²) in [5.74, 6) is -0.869. The molecule has 2 aliphatic rings. The fourth-order valence-corrected chi connectivity index (χ4v) is 2.99. The van der Waals surface area contributed by atoms with Crippen molar-refractivity contribution in [1.82, 2.24) is 10.3 Å². The van der Waals surface area contributed by atoms with Gasteiger partial charge in [0.15, 0.2) is 0 Å². The second kappa shape index (κ2) is 4.70. The van der Waals surface area contributed by atoms with Crippen molar-refractivity contribution in [2.24, 2.45) is 5.41 Å². The maximum atomic E-state index is 12.7. The van der Waals surface area contributed by atoms with Crippen LogP contribution in [0, 0.1) is 5.41 Å². The fourth-order valence-electron chi connectivity index (χ4n) is 2.99. The largest absolute Gasteiger partial charge is 0.335 e. The number of carbonyl (C=O) groups excluding carboxylic acids is 3. The molecule has 1 N–H and O–H groups in total. The second-order valence-electron chi connectivity index (χ2n) is 5.25. The number of nitrogens with zero attached hydrogens (tertiary/aromatic N) is 2. The van der Waals surface area contributed by atoms with Gasteiger partial charge in [0.05, 0.1) is 11.9 Å². The Balaban J connectivity index is 2.01. The van der Waals surface area contributed by atoms with Gasteiger partial charge in [-0.3, -0.25) is 19.9 Å². The van der Waals surface area contributed by atoms with E-state index < -0.39 is 23.3 Å². The average molecular weight is 273 g/mol. The molecule has 6 nitrogen and oxygen atoms in total. The topological polar surface area (TPSA) is 79.4 Å². The third kappa shape index (κ3) is 1.79. The van der Waals surface area contributed by atoms with E-state index >= 15 is 0 Å². The summed E-state index contributed by atoms with van der Waals surface area (Å²) in [5, 5.41) is 2.32. The van der Waals surface area contributed by atoms with Crippen LogP contribution in [0.2, 0.25) is 0 Å². The predicted molar refractivity (Wildman–Crippen MR) is 70.8 cm³/mol. The van der Waals surface area contributed by atoms with Crippen LogP contribution in [0.25, 0.3) is 0 Å². The number of rotatable bonds is 1. The molecule has 1 saturated carbocycles. The molecule has 0 unspecified atom stereocenters. The van der Waals surface area contributed by atoms with Gasteiger partial charge in [0.2, 0.25) is 5.91 Å². The highest BCUT2D eigenvalue weighted by atomic mass is 16.2. The average Bonchev–Trinajstić information content (AvgIpc) is 2.48. The monoisotopic (exact) mass is 273 g/mol. The number of carbonyl (C=O) groups is 3. The second-order valence-corrected chi connectivity index (χ2v) is 5.25. The number of nitrogens with one attached hydrogen (secondary N) is 1. The van der Waals surface area contributed by atoms with Crippen molar-refractivity contribution in [3.8, 4) is 0 Å². The van der Waals surface area contributed by atoms with Crippen LogP contribution < -0.4 is 10.2 Å². The number of urea groups is 1. The van der Waals surface area contributed by atoms with E-state index in [0.717, 1.165) is 24.2 Å². The summed E-state index contributed by atoms with van der Waals surface area (Å²) >= 11 is 0. The van der Waals surface area contributed by atoms with Gasteiger partial charge in [-0.2, -0.15) is 0 Å². The van der Waals surface area contributed by atoms with Crippen LogP contribution in [0.1, 0.15) is 32.1 Å². The first-order valence-corrected chi connectivity index (χ1v) is 6.75. The Morgan fingerprint density at radius 3 is 2.55 bits per heavy atom. The minimum Gasteiger partial charge on any atom is -0.276 e. The first kappa shape index (κ1) is 12.8. The first-order valence-electron chi connectivity index (χ1n) is 6.75. The lowest BCUT2D eigenvalue weighted by molar-refractivity contribution is -0.144. The Morgan fingerprint density at radius 2 is 1.90 bits per heavy atom. The van der Waals surface area contributed by atoms with Crippen LogP contribution in [0.4, 0.5) is 10.5 Å². The number of pyridine rings is 1. The van der Waals surface area contributed by atoms with Gasteiger partial charge in [0.25, 0.3) is 5.91 Å². The standard InChI is InChI=1S/C14H15N3O3/c18-11-14(6-2-1-3-7-14)12(19)17(13(20)16-11)10-5-4-8-15-9-10/h4-5,8-9H,1-3,6-7H2,(H,16,18,20). The predicted octanol–water partition coefficient (Wildman–Crippen LogP) is 1.61. The van der Waals surface area contributed by atoms with Crippen LogP contribution in [-0.2, 0) is 9.59 Å². The van der Waals surface area contributed by atoms with Crippen LogP contribution in [0.3, 0.4) is 0 Å². The highest BCUT2D eigenvalue weighted by Gasteiger charge is 2.54. The van der Waals surface area contributed by atoms with E-state index in [1.54, 1.807) is 18.3 Å². The third-order valence-electron chi connectivity index (χ3n) is 4.08. The summed E-state index contributed by atoms with van der Waals surface area (Å²) in [6.45, 7) is 0. The van der Waals surface area contributed by atoms with E-state index in [1.165, 1.54) is 6.20 Å². The van der Waals surface area contributed by atoms with E-state index in [2.05, 4.69) is 10.3 Å². The molecule has 1 aromatic rings. The van der Waals surface area contributed by atoms with Crippen molar-refractivity contribution in [2.45, 2.75) is 32.1 Å². The molecular formula is C14H15N3O3. The number of barbiturate groups is 1. The number of hydrogen-bond donors (Lipinski definition) is 1. The highest BCUT2D eigenvalue weighted by molar-refractivity contribution is 6.29. The minimum atomic E-state index is -1.08. The molecule has 0 atom stereocenters. The highest BCUT2D eigenvalue weighted by Crippen LogP contribution is 2.41. The molecule has 4 amide bonds. The Kier molecular flexibility index (Phi) is 3.00. The summed E-state index contributed by atoms with van der Waals surface area (Å²) in [6, 6.07) is 2.60. The van der Waals surface area contributed by atoms with Gasteiger partial charge in [0, 0.05) is 6.20 Å². The Labute approximate surface area is 116 Å². The molecule has 2 heterocycles. The zero-order valence-electron chi connectivity index (χ0n) is 11.0. The van der Waals surface area contributed by atoms with Crippen molar-refractivity contribution >= 4 is 23.5 Å². The Morgan fingerprint density at radius 1 is 1.15 bits per heavy atom. The lowest BCUT2D eigenvalue weighted by Gasteiger charge is -2.41. The van der Waals surface area contributed by atoms with Crippen molar-refractivity contribution in [3.63, 3.8) is 0 Å². The van der Waals surface area contributed by atoms with E-state index in [9.17, 15) is 14.4 Å². The van der Waals surface area contributed by atoms with Crippen molar-refractivity contribution < 1.29 is 14.4 Å².